The molecule has 1 aromatic carbocycles. The number of carboxylic acid groups (broad SMARTS) is 1. The second-order valence-electron chi connectivity index (χ2n) is 5.82. The first-order valence-corrected chi connectivity index (χ1v) is 7.80. The molecule has 0 radical (unpaired) electrons. The summed E-state index contributed by atoms with van der Waals surface area (Å²) >= 11 is 0. The van der Waals surface area contributed by atoms with Crippen LogP contribution in [0.25, 0.3) is 0 Å². The standard InChI is InChI=1S/C17H17FN2O4/c18-11-7-5-10(6-8-11)13(9-15(21)22)19-17(23)16-12-3-1-2-4-14(12)24-20-16/h5-8,13H,1-4,9H2,(H,19,23)(H,21,22). The van der Waals surface area contributed by atoms with Crippen molar-refractivity contribution in [3.8, 4) is 0 Å². The minimum absolute atomic E-state index is 0.210. The van der Waals surface area contributed by atoms with Gasteiger partial charge in [-0.2, -0.15) is 0 Å². The van der Waals surface area contributed by atoms with Gasteiger partial charge in [-0.15, -0.1) is 0 Å². The summed E-state index contributed by atoms with van der Waals surface area (Å²) in [5.74, 6) is -1.24. The van der Waals surface area contributed by atoms with E-state index in [1.807, 2.05) is 0 Å². The van der Waals surface area contributed by atoms with E-state index in [0.717, 1.165) is 37.0 Å². The highest BCUT2D eigenvalue weighted by molar-refractivity contribution is 5.94. The van der Waals surface area contributed by atoms with Crippen molar-refractivity contribution < 1.29 is 23.6 Å². The van der Waals surface area contributed by atoms with Crippen molar-refractivity contribution in [2.45, 2.75) is 38.1 Å². The quantitative estimate of drug-likeness (QED) is 0.878. The first-order valence-electron chi connectivity index (χ1n) is 7.80. The van der Waals surface area contributed by atoms with Crippen molar-refractivity contribution in [3.63, 3.8) is 0 Å². The zero-order valence-electron chi connectivity index (χ0n) is 12.9. The molecule has 2 N–H and O–H groups in total. The third-order valence-corrected chi connectivity index (χ3v) is 4.12. The minimum atomic E-state index is -1.06. The van der Waals surface area contributed by atoms with E-state index in [-0.39, 0.29) is 12.1 Å². The topological polar surface area (TPSA) is 92.4 Å². The average Bonchev–Trinajstić information content (AvgIpc) is 2.98. The fourth-order valence-corrected chi connectivity index (χ4v) is 2.91. The Balaban J connectivity index is 1.81. The first-order chi connectivity index (χ1) is 11.5. The molecule has 1 amide bonds. The lowest BCUT2D eigenvalue weighted by Gasteiger charge is -2.17. The van der Waals surface area contributed by atoms with E-state index in [4.69, 9.17) is 9.63 Å². The fraction of sp³-hybridized carbons (Fsp3) is 0.353. The van der Waals surface area contributed by atoms with E-state index in [9.17, 15) is 14.0 Å². The van der Waals surface area contributed by atoms with Gasteiger partial charge in [0.05, 0.1) is 12.5 Å². The SMILES string of the molecule is O=C(O)CC(NC(=O)c1noc2c1CCCC2)c1ccc(F)cc1. The van der Waals surface area contributed by atoms with E-state index < -0.39 is 23.7 Å². The summed E-state index contributed by atoms with van der Waals surface area (Å²) in [4.78, 5) is 23.6. The summed E-state index contributed by atoms with van der Waals surface area (Å²) in [7, 11) is 0. The molecule has 0 aliphatic heterocycles. The Morgan fingerprint density at radius 3 is 2.67 bits per heavy atom. The number of halogens is 1. The Kier molecular flexibility index (Phi) is 4.59. The molecule has 3 rings (SSSR count). The van der Waals surface area contributed by atoms with E-state index in [1.54, 1.807) is 0 Å². The summed E-state index contributed by atoms with van der Waals surface area (Å²) in [6.45, 7) is 0. The molecule has 1 aliphatic carbocycles. The number of aryl methyl sites for hydroxylation is 1. The monoisotopic (exact) mass is 332 g/mol. The molecule has 1 aromatic heterocycles. The molecule has 0 saturated carbocycles. The third kappa shape index (κ3) is 3.45. The number of amides is 1. The predicted molar refractivity (Wildman–Crippen MR) is 82.0 cm³/mol. The largest absolute Gasteiger partial charge is 0.481 e. The van der Waals surface area contributed by atoms with Gasteiger partial charge in [0.1, 0.15) is 11.6 Å². The van der Waals surface area contributed by atoms with Gasteiger partial charge < -0.3 is 14.9 Å². The normalized spacial score (nSPS) is 14.7. The molecule has 1 unspecified atom stereocenters. The maximum absolute atomic E-state index is 13.1. The van der Waals surface area contributed by atoms with Gasteiger partial charge in [0.25, 0.3) is 5.91 Å². The number of benzene rings is 1. The molecule has 126 valence electrons. The molecule has 0 spiro atoms. The van der Waals surface area contributed by atoms with Gasteiger partial charge in [0.2, 0.25) is 0 Å². The number of aliphatic carboxylic acids is 1. The van der Waals surface area contributed by atoms with Crippen molar-refractivity contribution in [1.82, 2.24) is 10.5 Å². The van der Waals surface area contributed by atoms with Crippen LogP contribution in [0.15, 0.2) is 28.8 Å². The fourth-order valence-electron chi connectivity index (χ4n) is 2.91. The van der Waals surface area contributed by atoms with Crippen molar-refractivity contribution >= 4 is 11.9 Å². The number of nitrogens with zero attached hydrogens (tertiary/aromatic N) is 1. The number of hydrogen-bond donors (Lipinski definition) is 2. The molecule has 2 aromatic rings. The van der Waals surface area contributed by atoms with Crippen molar-refractivity contribution in [1.29, 1.82) is 0 Å². The number of aromatic nitrogens is 1. The molecule has 24 heavy (non-hydrogen) atoms. The number of hydrogen-bond acceptors (Lipinski definition) is 4. The van der Waals surface area contributed by atoms with E-state index in [2.05, 4.69) is 10.5 Å². The number of carboxylic acids is 1. The Hall–Kier alpha value is -2.70. The lowest BCUT2D eigenvalue weighted by atomic mass is 9.96. The van der Waals surface area contributed by atoms with E-state index in [0.29, 0.717) is 5.56 Å². The smallest absolute Gasteiger partial charge is 0.305 e. The summed E-state index contributed by atoms with van der Waals surface area (Å²) in [5.41, 5.74) is 1.53. The van der Waals surface area contributed by atoms with Gasteiger partial charge in [-0.05, 0) is 37.0 Å². The predicted octanol–water partition coefficient (Wildman–Crippen LogP) is 2.64. The number of nitrogens with one attached hydrogen (secondary N) is 1. The second-order valence-corrected chi connectivity index (χ2v) is 5.82. The third-order valence-electron chi connectivity index (χ3n) is 4.12. The van der Waals surface area contributed by atoms with Crippen LogP contribution in [-0.4, -0.2) is 22.1 Å². The maximum Gasteiger partial charge on any atom is 0.305 e. The highest BCUT2D eigenvalue weighted by atomic mass is 19.1. The summed E-state index contributed by atoms with van der Waals surface area (Å²) in [5, 5.41) is 15.6. The zero-order chi connectivity index (χ0) is 17.1. The van der Waals surface area contributed by atoms with Crippen LogP contribution < -0.4 is 5.32 Å². The van der Waals surface area contributed by atoms with Crippen LogP contribution in [0.3, 0.4) is 0 Å². The van der Waals surface area contributed by atoms with Gasteiger partial charge in [-0.1, -0.05) is 17.3 Å². The lowest BCUT2D eigenvalue weighted by molar-refractivity contribution is -0.137. The number of carbonyl (C=O) groups excluding carboxylic acids is 1. The molecular formula is C17H17FN2O4. The maximum atomic E-state index is 13.1. The minimum Gasteiger partial charge on any atom is -0.481 e. The second kappa shape index (κ2) is 6.82. The van der Waals surface area contributed by atoms with Crippen LogP contribution in [0, 0.1) is 5.82 Å². The Labute approximate surface area is 137 Å². The van der Waals surface area contributed by atoms with Crippen molar-refractivity contribution in [2.75, 3.05) is 0 Å². The molecule has 0 fully saturated rings. The first kappa shape index (κ1) is 16.2. The van der Waals surface area contributed by atoms with Gasteiger partial charge in [-0.3, -0.25) is 9.59 Å². The summed E-state index contributed by atoms with van der Waals surface area (Å²) in [6, 6.07) is 4.61. The average molecular weight is 332 g/mol. The summed E-state index contributed by atoms with van der Waals surface area (Å²) < 4.78 is 18.3. The molecule has 1 atom stereocenters. The molecular weight excluding hydrogens is 315 g/mol. The van der Waals surface area contributed by atoms with E-state index in [1.165, 1.54) is 24.3 Å². The van der Waals surface area contributed by atoms with Gasteiger partial charge >= 0.3 is 5.97 Å². The molecule has 7 heteroatoms. The number of fused-ring (bicyclic) bond motifs is 1. The molecule has 6 nitrogen and oxygen atoms in total. The van der Waals surface area contributed by atoms with Gasteiger partial charge in [0, 0.05) is 12.0 Å². The molecule has 1 aliphatic rings. The number of rotatable bonds is 5. The lowest BCUT2D eigenvalue weighted by Crippen LogP contribution is -2.31. The molecule has 0 bridgehead atoms. The van der Waals surface area contributed by atoms with Crippen molar-refractivity contribution in [3.05, 3.63) is 52.7 Å². The Morgan fingerprint density at radius 1 is 1.25 bits per heavy atom. The Bertz CT molecular complexity index is 754. The zero-order valence-corrected chi connectivity index (χ0v) is 12.9. The molecule has 0 saturated heterocycles. The Morgan fingerprint density at radius 2 is 1.96 bits per heavy atom. The van der Waals surface area contributed by atoms with Gasteiger partial charge in [0.15, 0.2) is 5.69 Å². The van der Waals surface area contributed by atoms with Gasteiger partial charge in [-0.25, -0.2) is 4.39 Å². The van der Waals surface area contributed by atoms with Crippen LogP contribution >= 0.6 is 0 Å². The van der Waals surface area contributed by atoms with Crippen LogP contribution in [0.2, 0.25) is 0 Å². The highest BCUT2D eigenvalue weighted by Gasteiger charge is 2.26. The highest BCUT2D eigenvalue weighted by Crippen LogP contribution is 2.25. The van der Waals surface area contributed by atoms with Crippen LogP contribution in [0.4, 0.5) is 4.39 Å². The van der Waals surface area contributed by atoms with Crippen LogP contribution in [0.1, 0.15) is 52.7 Å². The van der Waals surface area contributed by atoms with Crippen LogP contribution in [0.5, 0.6) is 0 Å². The number of carbonyl (C=O) groups is 2. The van der Waals surface area contributed by atoms with E-state index >= 15 is 0 Å². The summed E-state index contributed by atoms with van der Waals surface area (Å²) in [6.07, 6.45) is 3.14. The molecule has 1 heterocycles. The van der Waals surface area contributed by atoms with Crippen LogP contribution in [-0.2, 0) is 17.6 Å². The van der Waals surface area contributed by atoms with Crippen molar-refractivity contribution in [2.24, 2.45) is 0 Å².